The third-order valence-corrected chi connectivity index (χ3v) is 8.32. The fourth-order valence-electron chi connectivity index (χ4n) is 5.42. The zero-order valence-electron chi connectivity index (χ0n) is 17.8. The molecule has 0 radical (unpaired) electrons. The van der Waals surface area contributed by atoms with Crippen LogP contribution in [0.2, 0.25) is 0 Å². The van der Waals surface area contributed by atoms with E-state index >= 15 is 0 Å². The first-order valence-electron chi connectivity index (χ1n) is 10.6. The molecule has 0 amide bonds. The third kappa shape index (κ3) is 2.14. The lowest BCUT2D eigenvalue weighted by atomic mass is 9.67. The summed E-state index contributed by atoms with van der Waals surface area (Å²) in [6.07, 6.45) is 0. The number of hydrogen-bond acceptors (Lipinski definition) is 1. The molecule has 0 bridgehead atoms. The van der Waals surface area contributed by atoms with Gasteiger partial charge in [0.25, 0.3) is 0 Å². The highest BCUT2D eigenvalue weighted by Crippen LogP contribution is 2.62. The topological polar surface area (TPSA) is 0 Å². The van der Waals surface area contributed by atoms with Gasteiger partial charge < -0.3 is 0 Å². The number of fused-ring (bicyclic) bond motifs is 9. The predicted octanol–water partition coefficient (Wildman–Crippen LogP) is 7.75. The highest BCUT2D eigenvalue weighted by molar-refractivity contribution is 7.99. The van der Waals surface area contributed by atoms with E-state index in [-0.39, 0.29) is 5.41 Å². The van der Waals surface area contributed by atoms with Gasteiger partial charge in [-0.3, -0.25) is 0 Å². The molecule has 0 N–H and O–H groups in total. The van der Waals surface area contributed by atoms with Crippen molar-refractivity contribution in [3.8, 4) is 11.1 Å². The van der Waals surface area contributed by atoms with Crippen LogP contribution >= 0.6 is 11.8 Å². The lowest BCUT2D eigenvalue weighted by Gasteiger charge is -2.40. The maximum absolute atomic E-state index is 2.46. The Morgan fingerprint density at radius 3 is 1.37 bits per heavy atom. The highest BCUT2D eigenvalue weighted by Gasteiger charge is 2.50. The summed E-state index contributed by atoms with van der Waals surface area (Å²) >= 11 is 1.91. The molecule has 4 aromatic carbocycles. The van der Waals surface area contributed by atoms with Gasteiger partial charge in [0.05, 0.1) is 5.41 Å². The van der Waals surface area contributed by atoms with Crippen LogP contribution in [0.5, 0.6) is 0 Å². The summed E-state index contributed by atoms with van der Waals surface area (Å²) in [5.41, 5.74) is 13.7. The van der Waals surface area contributed by atoms with Crippen LogP contribution in [0.3, 0.4) is 0 Å². The molecule has 6 rings (SSSR count). The van der Waals surface area contributed by atoms with Crippen molar-refractivity contribution in [2.45, 2.75) is 42.9 Å². The second-order valence-corrected chi connectivity index (χ2v) is 9.89. The Morgan fingerprint density at radius 1 is 0.500 bits per heavy atom. The molecule has 30 heavy (non-hydrogen) atoms. The lowest BCUT2D eigenvalue weighted by molar-refractivity contribution is 0.720. The first kappa shape index (κ1) is 18.0. The molecule has 2 aliphatic rings. The van der Waals surface area contributed by atoms with Gasteiger partial charge in [0.2, 0.25) is 0 Å². The normalized spacial score (nSPS) is 14.8. The highest BCUT2D eigenvalue weighted by atomic mass is 32.2. The Morgan fingerprint density at radius 2 is 0.900 bits per heavy atom. The van der Waals surface area contributed by atoms with Gasteiger partial charge in [-0.15, -0.1) is 0 Å². The van der Waals surface area contributed by atoms with Gasteiger partial charge in [-0.2, -0.15) is 0 Å². The van der Waals surface area contributed by atoms with Gasteiger partial charge in [-0.25, -0.2) is 0 Å². The predicted molar refractivity (Wildman–Crippen MR) is 127 cm³/mol. The Hall–Kier alpha value is -2.77. The van der Waals surface area contributed by atoms with E-state index in [0.717, 1.165) is 0 Å². The first-order chi connectivity index (χ1) is 14.5. The van der Waals surface area contributed by atoms with Gasteiger partial charge in [0.15, 0.2) is 0 Å². The standard InChI is InChI=1S/C29H24S/c1-17-13-21-22-14-18(2)20(4)16-26(22)29(25(21)15-19(17)3)23-9-5-7-11-27(23)30-28-12-8-6-10-24(28)29/h5-16H,1-4H3. The maximum Gasteiger partial charge on any atom is 0.0735 e. The Kier molecular flexibility index (Phi) is 3.68. The van der Waals surface area contributed by atoms with Crippen molar-refractivity contribution in [1.29, 1.82) is 0 Å². The Bertz CT molecular complexity index is 1250. The van der Waals surface area contributed by atoms with Crippen molar-refractivity contribution in [1.82, 2.24) is 0 Å². The second kappa shape index (κ2) is 6.12. The molecule has 1 aliphatic carbocycles. The van der Waals surface area contributed by atoms with Crippen molar-refractivity contribution < 1.29 is 0 Å². The second-order valence-electron chi connectivity index (χ2n) is 8.81. The van der Waals surface area contributed by atoms with E-state index in [4.69, 9.17) is 0 Å². The van der Waals surface area contributed by atoms with Crippen LogP contribution in [0, 0.1) is 27.7 Å². The van der Waals surface area contributed by atoms with Crippen LogP contribution in [-0.4, -0.2) is 0 Å². The molecule has 0 atom stereocenters. The summed E-state index contributed by atoms with van der Waals surface area (Å²) < 4.78 is 0. The van der Waals surface area contributed by atoms with Crippen molar-refractivity contribution in [2.75, 3.05) is 0 Å². The third-order valence-electron chi connectivity index (χ3n) is 7.17. The molecular weight excluding hydrogens is 380 g/mol. The van der Waals surface area contributed by atoms with Gasteiger partial charge in [-0.1, -0.05) is 72.4 Å². The fourth-order valence-corrected chi connectivity index (χ4v) is 6.61. The molecule has 1 aliphatic heterocycles. The summed E-state index contributed by atoms with van der Waals surface area (Å²) in [7, 11) is 0. The summed E-state index contributed by atoms with van der Waals surface area (Å²) in [6, 6.07) is 27.8. The molecule has 1 heterocycles. The quantitative estimate of drug-likeness (QED) is 0.249. The van der Waals surface area contributed by atoms with Gasteiger partial charge >= 0.3 is 0 Å². The van der Waals surface area contributed by atoms with E-state index in [1.807, 2.05) is 11.8 Å². The molecule has 0 aromatic heterocycles. The minimum atomic E-state index is -0.250. The lowest BCUT2D eigenvalue weighted by Crippen LogP contribution is -2.32. The van der Waals surface area contributed by atoms with Gasteiger partial charge in [0.1, 0.15) is 0 Å². The van der Waals surface area contributed by atoms with E-state index in [1.54, 1.807) is 0 Å². The Labute approximate surface area is 183 Å². The summed E-state index contributed by atoms with van der Waals surface area (Å²) in [6.45, 7) is 8.97. The van der Waals surface area contributed by atoms with E-state index < -0.39 is 0 Å². The van der Waals surface area contributed by atoms with Crippen LogP contribution in [0.25, 0.3) is 11.1 Å². The van der Waals surface area contributed by atoms with Crippen LogP contribution in [0.15, 0.2) is 82.6 Å². The van der Waals surface area contributed by atoms with E-state index in [1.165, 1.54) is 65.4 Å². The average molecular weight is 405 g/mol. The van der Waals surface area contributed by atoms with Crippen molar-refractivity contribution in [2.24, 2.45) is 0 Å². The van der Waals surface area contributed by atoms with Crippen LogP contribution < -0.4 is 0 Å². The van der Waals surface area contributed by atoms with Crippen molar-refractivity contribution in [3.63, 3.8) is 0 Å². The number of aryl methyl sites for hydroxylation is 4. The van der Waals surface area contributed by atoms with E-state index in [0.29, 0.717) is 0 Å². The monoisotopic (exact) mass is 404 g/mol. The van der Waals surface area contributed by atoms with Crippen molar-refractivity contribution in [3.05, 3.63) is 117 Å². The first-order valence-corrected chi connectivity index (χ1v) is 11.4. The molecule has 146 valence electrons. The minimum absolute atomic E-state index is 0.250. The van der Waals surface area contributed by atoms with E-state index in [2.05, 4.69) is 100 Å². The minimum Gasteiger partial charge on any atom is -0.0894 e. The molecule has 0 saturated heterocycles. The summed E-state index contributed by atoms with van der Waals surface area (Å²) in [5, 5.41) is 0. The molecule has 0 saturated carbocycles. The number of rotatable bonds is 0. The van der Waals surface area contributed by atoms with Crippen LogP contribution in [0.1, 0.15) is 44.5 Å². The largest absolute Gasteiger partial charge is 0.0894 e. The molecule has 0 nitrogen and oxygen atoms in total. The van der Waals surface area contributed by atoms with Crippen LogP contribution in [0.4, 0.5) is 0 Å². The van der Waals surface area contributed by atoms with Crippen LogP contribution in [-0.2, 0) is 5.41 Å². The summed E-state index contributed by atoms with van der Waals surface area (Å²) in [5.74, 6) is 0. The van der Waals surface area contributed by atoms with E-state index in [9.17, 15) is 0 Å². The van der Waals surface area contributed by atoms with Gasteiger partial charge in [0, 0.05) is 9.79 Å². The van der Waals surface area contributed by atoms with Crippen molar-refractivity contribution >= 4 is 11.8 Å². The molecule has 0 unspecified atom stereocenters. The molecule has 1 spiro atoms. The number of hydrogen-bond donors (Lipinski definition) is 0. The van der Waals surface area contributed by atoms with Gasteiger partial charge in [-0.05, 0) is 95.5 Å². The zero-order chi connectivity index (χ0) is 20.6. The summed E-state index contributed by atoms with van der Waals surface area (Å²) in [4.78, 5) is 2.73. The molecule has 0 fully saturated rings. The fraction of sp³-hybridized carbons (Fsp3) is 0.172. The molecule has 4 aromatic rings. The number of benzene rings is 4. The molecule has 1 heteroatoms. The zero-order valence-corrected chi connectivity index (χ0v) is 18.7. The average Bonchev–Trinajstić information content (AvgIpc) is 2.99. The maximum atomic E-state index is 2.46. The smallest absolute Gasteiger partial charge is 0.0735 e. The SMILES string of the molecule is Cc1cc2c(cc1C)C1(c3ccccc3Sc3ccccc31)c1cc(C)c(C)cc1-2. The molecular formula is C29H24S. The Balaban J connectivity index is 1.87.